The van der Waals surface area contributed by atoms with E-state index in [0.29, 0.717) is 18.1 Å². The molecule has 1 saturated heterocycles. The summed E-state index contributed by atoms with van der Waals surface area (Å²) in [6.07, 6.45) is 3.40. The lowest BCUT2D eigenvalue weighted by atomic mass is 9.96. The van der Waals surface area contributed by atoms with Gasteiger partial charge in [0.2, 0.25) is 0 Å². The van der Waals surface area contributed by atoms with Gasteiger partial charge in [-0.2, -0.15) is 0 Å². The second-order valence-corrected chi connectivity index (χ2v) is 7.87. The highest BCUT2D eigenvalue weighted by Gasteiger charge is 2.27. The summed E-state index contributed by atoms with van der Waals surface area (Å²) >= 11 is 3.43. The first-order valence-corrected chi connectivity index (χ1v) is 10.2. The molecule has 1 aromatic carbocycles. The van der Waals surface area contributed by atoms with Crippen molar-refractivity contribution < 1.29 is 14.3 Å². The van der Waals surface area contributed by atoms with Crippen LogP contribution in [0.15, 0.2) is 30.5 Å². The van der Waals surface area contributed by atoms with E-state index >= 15 is 0 Å². The van der Waals surface area contributed by atoms with E-state index in [0.717, 1.165) is 62.6 Å². The number of nitrogens with zero attached hydrogens (tertiary/aromatic N) is 3. The predicted octanol–water partition coefficient (Wildman–Crippen LogP) is 2.75. The number of Topliss-reactive ketones (excluding diaryl/α,β-unsaturated/α-hetero) is 1. The van der Waals surface area contributed by atoms with Gasteiger partial charge in [0.1, 0.15) is 18.1 Å². The van der Waals surface area contributed by atoms with Gasteiger partial charge in [-0.3, -0.25) is 9.69 Å². The number of alkyl halides is 1. The van der Waals surface area contributed by atoms with Crippen molar-refractivity contribution in [2.75, 3.05) is 39.5 Å². The maximum Gasteiger partial charge on any atom is 0.195 e. The number of ketones is 1. The molecular weight excluding hydrogens is 410 g/mol. The van der Waals surface area contributed by atoms with Gasteiger partial charge in [-0.05, 0) is 42.7 Å². The highest BCUT2D eigenvalue weighted by Crippen LogP contribution is 2.26. The van der Waals surface area contributed by atoms with Crippen LogP contribution < -0.4 is 4.74 Å². The first kappa shape index (κ1) is 18.5. The number of carbonyl (C=O) groups is 1. The first-order valence-electron chi connectivity index (χ1n) is 9.28. The number of benzene rings is 1. The fourth-order valence-corrected chi connectivity index (χ4v) is 3.77. The molecule has 2 aliphatic rings. The molecule has 1 unspecified atom stereocenters. The average Bonchev–Trinajstić information content (AvgIpc) is 2.72. The molecule has 6 nitrogen and oxygen atoms in total. The third kappa shape index (κ3) is 4.36. The van der Waals surface area contributed by atoms with Crippen LogP contribution in [0, 0.1) is 0 Å². The van der Waals surface area contributed by atoms with E-state index in [4.69, 9.17) is 9.47 Å². The molecule has 1 fully saturated rings. The molecule has 0 bridgehead atoms. The van der Waals surface area contributed by atoms with E-state index in [1.165, 1.54) is 0 Å². The molecule has 0 spiro atoms. The zero-order chi connectivity index (χ0) is 18.6. The van der Waals surface area contributed by atoms with E-state index in [2.05, 4.69) is 30.8 Å². The summed E-state index contributed by atoms with van der Waals surface area (Å²) < 4.78 is 11.2. The van der Waals surface area contributed by atoms with Gasteiger partial charge >= 0.3 is 0 Å². The molecule has 0 radical (unpaired) electrons. The van der Waals surface area contributed by atoms with Gasteiger partial charge in [-0.25, -0.2) is 9.97 Å². The van der Waals surface area contributed by atoms with Gasteiger partial charge in [0.15, 0.2) is 11.6 Å². The molecule has 2 aromatic rings. The molecule has 4 rings (SSSR count). The van der Waals surface area contributed by atoms with Crippen molar-refractivity contribution in [3.8, 4) is 17.1 Å². The molecule has 142 valence electrons. The van der Waals surface area contributed by atoms with Crippen LogP contribution in [0.5, 0.6) is 5.75 Å². The number of fused-ring (bicyclic) bond motifs is 1. The van der Waals surface area contributed by atoms with Crippen molar-refractivity contribution in [2.45, 2.75) is 17.7 Å². The monoisotopic (exact) mass is 431 g/mol. The molecular formula is C20H22BrN3O3. The number of hydrogen-bond donors (Lipinski definition) is 0. The van der Waals surface area contributed by atoms with Gasteiger partial charge in [-0.15, -0.1) is 0 Å². The third-order valence-corrected chi connectivity index (χ3v) is 5.82. The second-order valence-electron chi connectivity index (χ2n) is 6.76. The van der Waals surface area contributed by atoms with Crippen LogP contribution in [0.2, 0.25) is 0 Å². The van der Waals surface area contributed by atoms with Crippen LogP contribution in [-0.2, 0) is 11.2 Å². The summed E-state index contributed by atoms with van der Waals surface area (Å²) in [4.78, 5) is 23.5. The second kappa shape index (κ2) is 8.46. The summed E-state index contributed by atoms with van der Waals surface area (Å²) in [5.41, 5.74) is 2.35. The van der Waals surface area contributed by atoms with Gasteiger partial charge < -0.3 is 9.47 Å². The Balaban J connectivity index is 1.39. The topological polar surface area (TPSA) is 64.5 Å². The van der Waals surface area contributed by atoms with E-state index in [1.54, 1.807) is 6.20 Å². The average molecular weight is 432 g/mol. The van der Waals surface area contributed by atoms with E-state index in [-0.39, 0.29) is 10.6 Å². The molecule has 0 amide bonds. The highest BCUT2D eigenvalue weighted by molar-refractivity contribution is 9.10. The Morgan fingerprint density at radius 2 is 2.00 bits per heavy atom. The summed E-state index contributed by atoms with van der Waals surface area (Å²) in [5, 5.41) is 0. The Kier molecular flexibility index (Phi) is 5.80. The van der Waals surface area contributed by atoms with Gasteiger partial charge in [0.25, 0.3) is 0 Å². The Hall–Kier alpha value is -1.83. The number of carbonyl (C=O) groups excluding carboxylic acids is 1. The fraction of sp³-hybridized carbons (Fsp3) is 0.450. The van der Waals surface area contributed by atoms with Crippen LogP contribution in [0.1, 0.15) is 22.5 Å². The molecule has 1 aliphatic carbocycles. The van der Waals surface area contributed by atoms with Crippen molar-refractivity contribution in [1.82, 2.24) is 14.9 Å². The van der Waals surface area contributed by atoms with Crippen molar-refractivity contribution in [2.24, 2.45) is 0 Å². The summed E-state index contributed by atoms with van der Waals surface area (Å²) in [6, 6.07) is 7.72. The van der Waals surface area contributed by atoms with Gasteiger partial charge in [0.05, 0.1) is 18.0 Å². The van der Waals surface area contributed by atoms with Crippen LogP contribution in [-0.4, -0.2) is 64.9 Å². The number of halogens is 1. The van der Waals surface area contributed by atoms with Crippen molar-refractivity contribution in [1.29, 1.82) is 0 Å². The zero-order valence-electron chi connectivity index (χ0n) is 15.1. The number of aryl methyl sites for hydroxylation is 1. The largest absolute Gasteiger partial charge is 0.492 e. The molecule has 0 saturated carbocycles. The van der Waals surface area contributed by atoms with Crippen molar-refractivity contribution >= 4 is 21.7 Å². The van der Waals surface area contributed by atoms with E-state index in [1.807, 2.05) is 24.3 Å². The van der Waals surface area contributed by atoms with Crippen LogP contribution in [0.3, 0.4) is 0 Å². The minimum atomic E-state index is -0.144. The minimum Gasteiger partial charge on any atom is -0.492 e. The first-order chi connectivity index (χ1) is 13.2. The number of ether oxygens (including phenoxy) is 2. The number of rotatable bonds is 5. The lowest BCUT2D eigenvalue weighted by Crippen LogP contribution is -2.38. The standard InChI is InChI=1S/C20H22BrN3O3/c21-17-6-3-15-13-22-20(23-18(15)19(17)25)14-1-4-16(5-2-14)27-12-9-24-7-10-26-11-8-24/h1-2,4-5,13,17H,3,6-12H2. The number of hydrogen-bond acceptors (Lipinski definition) is 6. The fourth-order valence-electron chi connectivity index (χ4n) is 3.32. The third-order valence-electron chi connectivity index (χ3n) is 4.94. The van der Waals surface area contributed by atoms with E-state index in [9.17, 15) is 4.79 Å². The zero-order valence-corrected chi connectivity index (χ0v) is 16.7. The Morgan fingerprint density at radius 3 is 2.78 bits per heavy atom. The highest BCUT2D eigenvalue weighted by atomic mass is 79.9. The van der Waals surface area contributed by atoms with Crippen LogP contribution >= 0.6 is 15.9 Å². The van der Waals surface area contributed by atoms with Gasteiger partial charge in [0, 0.05) is 31.4 Å². The minimum absolute atomic E-state index is 0.0444. The van der Waals surface area contributed by atoms with Crippen molar-refractivity contribution in [3.05, 3.63) is 41.7 Å². The smallest absolute Gasteiger partial charge is 0.195 e. The van der Waals surface area contributed by atoms with Crippen LogP contribution in [0.4, 0.5) is 0 Å². The summed E-state index contributed by atoms with van der Waals surface area (Å²) in [6.45, 7) is 5.07. The maximum absolute atomic E-state index is 12.3. The number of morpholine rings is 1. The molecule has 1 atom stereocenters. The number of aromatic nitrogens is 2. The molecule has 0 N–H and O–H groups in total. The Labute approximate surface area is 167 Å². The normalized spacial score (nSPS) is 20.3. The SMILES string of the molecule is O=C1c2nc(-c3ccc(OCCN4CCOCC4)cc3)ncc2CCC1Br. The van der Waals surface area contributed by atoms with Crippen molar-refractivity contribution in [3.63, 3.8) is 0 Å². The molecule has 1 aromatic heterocycles. The summed E-state index contributed by atoms with van der Waals surface area (Å²) in [7, 11) is 0. The Bertz CT molecular complexity index is 807. The van der Waals surface area contributed by atoms with Crippen LogP contribution in [0.25, 0.3) is 11.4 Å². The summed E-state index contributed by atoms with van der Waals surface area (Å²) in [5.74, 6) is 1.44. The molecule has 1 aliphatic heterocycles. The molecule has 7 heteroatoms. The quantitative estimate of drug-likeness (QED) is 0.678. The lowest BCUT2D eigenvalue weighted by Gasteiger charge is -2.26. The Morgan fingerprint density at radius 1 is 1.22 bits per heavy atom. The predicted molar refractivity (Wildman–Crippen MR) is 106 cm³/mol. The molecule has 2 heterocycles. The van der Waals surface area contributed by atoms with Gasteiger partial charge in [-0.1, -0.05) is 15.9 Å². The maximum atomic E-state index is 12.3. The molecule has 27 heavy (non-hydrogen) atoms. The van der Waals surface area contributed by atoms with E-state index < -0.39 is 0 Å². The lowest BCUT2D eigenvalue weighted by molar-refractivity contribution is 0.0322.